The van der Waals surface area contributed by atoms with Crippen LogP contribution in [0.2, 0.25) is 0 Å². The molecule has 0 saturated heterocycles. The van der Waals surface area contributed by atoms with Crippen LogP contribution in [0.4, 0.5) is 5.69 Å². The van der Waals surface area contributed by atoms with Gasteiger partial charge in [-0.05, 0) is 30.7 Å². The summed E-state index contributed by atoms with van der Waals surface area (Å²) in [6.07, 6.45) is 4.11. The summed E-state index contributed by atoms with van der Waals surface area (Å²) in [6, 6.07) is 12.9. The molecule has 0 fully saturated rings. The number of nitrogens with zero attached hydrogens (tertiary/aromatic N) is 3. The summed E-state index contributed by atoms with van der Waals surface area (Å²) in [5.41, 5.74) is 15.5. The van der Waals surface area contributed by atoms with Crippen LogP contribution in [0.1, 0.15) is 17.5 Å². The number of nitrogens with two attached hydrogens (primary N) is 2. The molecule has 2 aromatic carbocycles. The zero-order valence-corrected chi connectivity index (χ0v) is 18.9. The minimum Gasteiger partial charge on any atom is -0.399 e. The van der Waals surface area contributed by atoms with Crippen molar-refractivity contribution in [3.8, 4) is 0 Å². The molecule has 0 saturated carbocycles. The summed E-state index contributed by atoms with van der Waals surface area (Å²) >= 11 is 0. The molecule has 7 N–H and O–H groups in total. The summed E-state index contributed by atoms with van der Waals surface area (Å²) < 4.78 is 1.95. The number of para-hydroxylation sites is 1. The number of aromatic nitrogens is 2. The summed E-state index contributed by atoms with van der Waals surface area (Å²) in [6.45, 7) is 0.847. The van der Waals surface area contributed by atoms with E-state index in [-0.39, 0.29) is 11.5 Å². The molecular formula is C24H22N8O4. The highest BCUT2D eigenvalue weighted by atomic mass is 16.7. The summed E-state index contributed by atoms with van der Waals surface area (Å²) in [5.74, 6) is -1.22. The number of nitrogens with one attached hydrogen (secondary N) is 3. The van der Waals surface area contributed by atoms with Crippen molar-refractivity contribution in [1.29, 1.82) is 0 Å². The monoisotopic (exact) mass is 486 g/mol. The van der Waals surface area contributed by atoms with E-state index in [2.05, 4.69) is 20.7 Å². The maximum Gasteiger partial charge on any atom is 0.266 e. The first-order valence-corrected chi connectivity index (χ1v) is 11.1. The van der Waals surface area contributed by atoms with E-state index in [0.717, 1.165) is 21.8 Å². The number of guanidine groups is 1. The van der Waals surface area contributed by atoms with E-state index in [4.69, 9.17) is 11.5 Å². The average molecular weight is 486 g/mol. The normalized spacial score (nSPS) is 14.2. The van der Waals surface area contributed by atoms with Crippen molar-refractivity contribution in [3.05, 3.63) is 76.1 Å². The van der Waals surface area contributed by atoms with Gasteiger partial charge in [0.1, 0.15) is 5.10 Å². The fraction of sp³-hybridized carbons (Fsp3) is 0.125. The van der Waals surface area contributed by atoms with Gasteiger partial charge >= 0.3 is 0 Å². The second-order valence-electron chi connectivity index (χ2n) is 8.30. The maximum absolute atomic E-state index is 13.1. The van der Waals surface area contributed by atoms with Crippen LogP contribution in [0.25, 0.3) is 33.0 Å². The maximum atomic E-state index is 13.1. The van der Waals surface area contributed by atoms with Crippen molar-refractivity contribution in [2.24, 2.45) is 10.8 Å². The molecule has 12 heteroatoms. The molecule has 0 atom stereocenters. The Kier molecular flexibility index (Phi) is 5.60. The third kappa shape index (κ3) is 4.00. The van der Waals surface area contributed by atoms with Gasteiger partial charge in [0.15, 0.2) is 5.03 Å². The molecule has 182 valence electrons. The molecule has 0 bridgehead atoms. The Bertz CT molecular complexity index is 1610. The van der Waals surface area contributed by atoms with E-state index < -0.39 is 16.8 Å². The minimum atomic E-state index is -0.870. The number of fused-ring (bicyclic) bond motifs is 2. The molecule has 0 radical (unpaired) electrons. The standard InChI is InChI=1S/C24H22N8O4/c25-13-6-7-19-15(10-13)17(12-31(19)9-3-8-27-24(26)30-32(35)36)21-20(22(33)29-23(21)34)16-11-28-18-5-2-1-4-14(16)18/h1-2,4-7,10-12,28H,3,8-9,25H2,(H3,26,27,30)(H,29,33,34). The van der Waals surface area contributed by atoms with Crippen molar-refractivity contribution in [1.82, 2.24) is 20.2 Å². The molecule has 4 aromatic rings. The second kappa shape index (κ2) is 8.91. The van der Waals surface area contributed by atoms with E-state index in [1.807, 2.05) is 41.1 Å². The Hall–Kier alpha value is -5.13. The molecule has 36 heavy (non-hydrogen) atoms. The summed E-state index contributed by atoms with van der Waals surface area (Å²) in [7, 11) is 0. The molecule has 2 amide bonds. The predicted molar refractivity (Wildman–Crippen MR) is 136 cm³/mol. The van der Waals surface area contributed by atoms with E-state index in [0.29, 0.717) is 41.9 Å². The number of nitrogen functional groups attached to an aromatic ring is 1. The van der Waals surface area contributed by atoms with Crippen LogP contribution in [-0.2, 0) is 16.1 Å². The fourth-order valence-corrected chi connectivity index (χ4v) is 4.54. The number of hydrogen-bond acceptors (Lipinski definition) is 5. The number of hydrazone groups is 1. The molecule has 3 heterocycles. The first-order valence-electron chi connectivity index (χ1n) is 11.1. The Morgan fingerprint density at radius 1 is 1.08 bits per heavy atom. The highest BCUT2D eigenvalue weighted by molar-refractivity contribution is 6.50. The molecule has 0 unspecified atom stereocenters. The average Bonchev–Trinajstić information content (AvgIpc) is 3.48. The Balaban J connectivity index is 1.57. The SMILES string of the molecule is NC(=N[N+](=O)[O-])NCCCn1cc(C2=C(c3c[nH]c4ccccc34)C(=O)NC2=O)c2cc(N)ccc21. The Labute approximate surface area is 203 Å². The topological polar surface area (TPSA) is 186 Å². The largest absolute Gasteiger partial charge is 0.399 e. The van der Waals surface area contributed by atoms with E-state index in [9.17, 15) is 19.7 Å². The van der Waals surface area contributed by atoms with Gasteiger partial charge in [0, 0.05) is 64.1 Å². The van der Waals surface area contributed by atoms with Crippen LogP contribution >= 0.6 is 0 Å². The third-order valence-electron chi connectivity index (χ3n) is 6.04. The number of aromatic amines is 1. The number of nitro groups is 1. The third-order valence-corrected chi connectivity index (χ3v) is 6.04. The van der Waals surface area contributed by atoms with Gasteiger partial charge in [0.05, 0.1) is 11.1 Å². The van der Waals surface area contributed by atoms with Crippen molar-refractivity contribution in [2.45, 2.75) is 13.0 Å². The minimum absolute atomic E-state index is 0.277. The smallest absolute Gasteiger partial charge is 0.266 e. The molecule has 1 aliphatic heterocycles. The van der Waals surface area contributed by atoms with Gasteiger partial charge in [-0.15, -0.1) is 0 Å². The number of carbonyl (C=O) groups excluding carboxylic acids is 2. The molecular weight excluding hydrogens is 464 g/mol. The molecule has 0 aliphatic carbocycles. The van der Waals surface area contributed by atoms with Crippen LogP contribution in [0, 0.1) is 10.1 Å². The predicted octanol–water partition coefficient (Wildman–Crippen LogP) is 1.76. The highest BCUT2D eigenvalue weighted by Gasteiger charge is 2.35. The van der Waals surface area contributed by atoms with Gasteiger partial charge in [-0.3, -0.25) is 14.9 Å². The second-order valence-corrected chi connectivity index (χ2v) is 8.30. The number of aryl methyl sites for hydroxylation is 1. The zero-order chi connectivity index (χ0) is 25.4. The Morgan fingerprint density at radius 3 is 2.61 bits per heavy atom. The van der Waals surface area contributed by atoms with Gasteiger partial charge < -0.3 is 26.3 Å². The van der Waals surface area contributed by atoms with Crippen molar-refractivity contribution >= 4 is 56.4 Å². The zero-order valence-electron chi connectivity index (χ0n) is 18.9. The van der Waals surface area contributed by atoms with Gasteiger partial charge in [-0.25, -0.2) is 10.1 Å². The first-order chi connectivity index (χ1) is 17.3. The number of rotatable bonds is 7. The van der Waals surface area contributed by atoms with Crippen molar-refractivity contribution in [2.75, 3.05) is 12.3 Å². The number of benzene rings is 2. The quantitative estimate of drug-likeness (QED) is 0.0500. The van der Waals surface area contributed by atoms with Crippen molar-refractivity contribution in [3.63, 3.8) is 0 Å². The molecule has 1 aliphatic rings. The van der Waals surface area contributed by atoms with Gasteiger partial charge in [-0.2, -0.15) is 0 Å². The fourth-order valence-electron chi connectivity index (χ4n) is 4.54. The highest BCUT2D eigenvalue weighted by Crippen LogP contribution is 2.38. The van der Waals surface area contributed by atoms with Crippen LogP contribution in [0.5, 0.6) is 0 Å². The summed E-state index contributed by atoms with van der Waals surface area (Å²) in [5, 5.41) is 19.3. The molecule has 2 aromatic heterocycles. The van der Waals surface area contributed by atoms with E-state index in [1.165, 1.54) is 0 Å². The number of anilines is 1. The van der Waals surface area contributed by atoms with Crippen LogP contribution < -0.4 is 22.1 Å². The lowest BCUT2D eigenvalue weighted by molar-refractivity contribution is -0.485. The van der Waals surface area contributed by atoms with Gasteiger partial charge in [0.2, 0.25) is 0 Å². The number of amides is 2. The molecule has 5 rings (SSSR count). The molecule has 0 spiro atoms. The number of imide groups is 1. The number of carbonyl (C=O) groups is 2. The van der Waals surface area contributed by atoms with E-state index >= 15 is 0 Å². The lowest BCUT2D eigenvalue weighted by Gasteiger charge is -2.06. The van der Waals surface area contributed by atoms with Crippen LogP contribution in [0.3, 0.4) is 0 Å². The van der Waals surface area contributed by atoms with E-state index in [1.54, 1.807) is 18.3 Å². The first kappa shape index (κ1) is 22.7. The summed E-state index contributed by atoms with van der Waals surface area (Å²) in [4.78, 5) is 39.6. The lowest BCUT2D eigenvalue weighted by atomic mass is 9.95. The number of H-pyrrole nitrogens is 1. The van der Waals surface area contributed by atoms with Crippen molar-refractivity contribution < 1.29 is 14.6 Å². The lowest BCUT2D eigenvalue weighted by Crippen LogP contribution is -2.33. The Morgan fingerprint density at radius 2 is 1.83 bits per heavy atom. The van der Waals surface area contributed by atoms with Gasteiger partial charge in [0.25, 0.3) is 17.8 Å². The number of hydrogen-bond donors (Lipinski definition) is 5. The molecule has 12 nitrogen and oxygen atoms in total. The van der Waals surface area contributed by atoms with Crippen LogP contribution in [0.15, 0.2) is 60.0 Å². The van der Waals surface area contributed by atoms with Crippen LogP contribution in [-0.4, -0.2) is 38.9 Å². The van der Waals surface area contributed by atoms with Gasteiger partial charge in [-0.1, -0.05) is 18.2 Å².